The van der Waals surface area contributed by atoms with Crippen LogP contribution >= 0.6 is 0 Å². The molecule has 2 aliphatic heterocycles. The van der Waals surface area contributed by atoms with Gasteiger partial charge in [0.25, 0.3) is 11.8 Å². The molecular formula is C26H31N3O4. The maximum atomic E-state index is 13.2. The molecule has 33 heavy (non-hydrogen) atoms. The normalized spacial score (nSPS) is 17.2. The lowest BCUT2D eigenvalue weighted by atomic mass is 9.99. The van der Waals surface area contributed by atoms with Crippen molar-refractivity contribution in [2.75, 3.05) is 50.7 Å². The summed E-state index contributed by atoms with van der Waals surface area (Å²) >= 11 is 0. The largest absolute Gasteiger partial charge is 0.497 e. The van der Waals surface area contributed by atoms with E-state index in [0.717, 1.165) is 24.7 Å². The number of methoxy groups -OCH3 is 2. The predicted molar refractivity (Wildman–Crippen MR) is 129 cm³/mol. The molecule has 0 atom stereocenters. The fourth-order valence-electron chi connectivity index (χ4n) is 4.27. The van der Waals surface area contributed by atoms with E-state index in [4.69, 9.17) is 9.47 Å². The van der Waals surface area contributed by atoms with Crippen molar-refractivity contribution in [2.45, 2.75) is 19.8 Å². The quantitative estimate of drug-likeness (QED) is 0.619. The summed E-state index contributed by atoms with van der Waals surface area (Å²) in [6.07, 6.45) is 2.40. The van der Waals surface area contributed by atoms with Gasteiger partial charge in [0.1, 0.15) is 11.4 Å². The van der Waals surface area contributed by atoms with Crippen LogP contribution in [0.15, 0.2) is 54.2 Å². The van der Waals surface area contributed by atoms with Gasteiger partial charge in [-0.2, -0.15) is 0 Å². The van der Waals surface area contributed by atoms with Crippen LogP contribution in [0.4, 0.5) is 11.4 Å². The highest BCUT2D eigenvalue weighted by Crippen LogP contribution is 2.32. The summed E-state index contributed by atoms with van der Waals surface area (Å²) in [4.78, 5) is 30.0. The van der Waals surface area contributed by atoms with Gasteiger partial charge >= 0.3 is 0 Å². The number of nitrogens with one attached hydrogen (secondary N) is 1. The van der Waals surface area contributed by atoms with Crippen LogP contribution in [0.2, 0.25) is 0 Å². The summed E-state index contributed by atoms with van der Waals surface area (Å²) < 4.78 is 10.3. The van der Waals surface area contributed by atoms with Crippen molar-refractivity contribution in [2.24, 2.45) is 5.92 Å². The van der Waals surface area contributed by atoms with E-state index in [1.165, 1.54) is 23.4 Å². The Labute approximate surface area is 195 Å². The third-order valence-electron chi connectivity index (χ3n) is 6.35. The molecule has 1 fully saturated rings. The molecule has 0 unspecified atom stereocenters. The third kappa shape index (κ3) is 4.88. The van der Waals surface area contributed by atoms with Crippen molar-refractivity contribution >= 4 is 28.8 Å². The maximum Gasteiger partial charge on any atom is 0.278 e. The summed E-state index contributed by atoms with van der Waals surface area (Å²) in [6.45, 7) is 4.90. The van der Waals surface area contributed by atoms with Crippen LogP contribution in [-0.2, 0) is 14.3 Å². The minimum atomic E-state index is -0.350. The summed E-state index contributed by atoms with van der Waals surface area (Å²) in [5, 5.41) is 3.22. The molecule has 0 radical (unpaired) electrons. The Kier molecular flexibility index (Phi) is 6.99. The second-order valence-corrected chi connectivity index (χ2v) is 8.57. The number of carbonyl (C=O) groups excluding carboxylic acids is 2. The number of carbonyl (C=O) groups is 2. The van der Waals surface area contributed by atoms with Gasteiger partial charge in [0.05, 0.1) is 25.8 Å². The van der Waals surface area contributed by atoms with E-state index in [2.05, 4.69) is 29.3 Å². The zero-order valence-corrected chi connectivity index (χ0v) is 19.5. The number of ether oxygens (including phenoxy) is 2. The van der Waals surface area contributed by atoms with Gasteiger partial charge in [-0.15, -0.1) is 0 Å². The first-order valence-electron chi connectivity index (χ1n) is 11.4. The zero-order chi connectivity index (χ0) is 23.4. The summed E-state index contributed by atoms with van der Waals surface area (Å²) in [5.74, 6) is 0.780. The van der Waals surface area contributed by atoms with Crippen LogP contribution in [0.5, 0.6) is 5.75 Å². The summed E-state index contributed by atoms with van der Waals surface area (Å²) in [7, 11) is 3.14. The van der Waals surface area contributed by atoms with Crippen molar-refractivity contribution in [3.8, 4) is 5.75 Å². The molecule has 2 amide bonds. The topological polar surface area (TPSA) is 71.1 Å². The van der Waals surface area contributed by atoms with Gasteiger partial charge in [-0.3, -0.25) is 14.5 Å². The summed E-state index contributed by atoms with van der Waals surface area (Å²) in [6, 6.07) is 15.2. The molecule has 174 valence electrons. The molecule has 7 nitrogen and oxygen atoms in total. The fourth-order valence-corrected chi connectivity index (χ4v) is 4.27. The Morgan fingerprint density at radius 2 is 1.61 bits per heavy atom. The second-order valence-electron chi connectivity index (χ2n) is 8.57. The number of rotatable bonds is 8. The standard InChI is InChI=1S/C26H31N3O4/c1-18-12-14-28(15-13-18)21-8-6-20(7-9-21)27-24-23(19-4-10-22(33-3)11-5-19)25(30)29(26(24)31)16-17-32-2/h4-11,18,27H,12-17H2,1-3H3. The Balaban J connectivity index is 1.60. The minimum Gasteiger partial charge on any atom is -0.497 e. The number of hydrogen-bond acceptors (Lipinski definition) is 6. The van der Waals surface area contributed by atoms with E-state index < -0.39 is 0 Å². The van der Waals surface area contributed by atoms with Gasteiger partial charge in [0, 0.05) is 31.6 Å². The molecule has 0 saturated carbocycles. The lowest BCUT2D eigenvalue weighted by Gasteiger charge is -2.32. The van der Waals surface area contributed by atoms with E-state index in [9.17, 15) is 9.59 Å². The highest BCUT2D eigenvalue weighted by atomic mass is 16.5. The first-order chi connectivity index (χ1) is 16.0. The van der Waals surface area contributed by atoms with Crippen molar-refractivity contribution in [3.63, 3.8) is 0 Å². The molecule has 2 heterocycles. The molecule has 0 aliphatic carbocycles. The van der Waals surface area contributed by atoms with Crippen LogP contribution < -0.4 is 15.0 Å². The van der Waals surface area contributed by atoms with Crippen molar-refractivity contribution in [3.05, 3.63) is 59.8 Å². The van der Waals surface area contributed by atoms with Gasteiger partial charge in [-0.05, 0) is 60.7 Å². The predicted octanol–water partition coefficient (Wildman–Crippen LogP) is 3.77. The Hall–Kier alpha value is -3.32. The Morgan fingerprint density at radius 3 is 2.21 bits per heavy atom. The van der Waals surface area contributed by atoms with Crippen LogP contribution in [0.1, 0.15) is 25.3 Å². The highest BCUT2D eigenvalue weighted by Gasteiger charge is 2.39. The average molecular weight is 450 g/mol. The number of benzene rings is 2. The number of nitrogens with zero attached hydrogens (tertiary/aromatic N) is 2. The molecule has 2 aliphatic rings. The highest BCUT2D eigenvalue weighted by molar-refractivity contribution is 6.36. The van der Waals surface area contributed by atoms with Crippen LogP contribution in [0, 0.1) is 5.92 Å². The molecule has 2 aromatic rings. The van der Waals surface area contributed by atoms with E-state index >= 15 is 0 Å². The second kappa shape index (κ2) is 10.1. The van der Waals surface area contributed by atoms with Gasteiger partial charge in [-0.25, -0.2) is 0 Å². The van der Waals surface area contributed by atoms with Crippen LogP contribution in [0.25, 0.3) is 5.57 Å². The molecule has 0 bridgehead atoms. The monoisotopic (exact) mass is 449 g/mol. The molecule has 1 saturated heterocycles. The van der Waals surface area contributed by atoms with Gasteiger partial charge in [-0.1, -0.05) is 19.1 Å². The number of amides is 2. The molecule has 4 rings (SSSR count). The van der Waals surface area contributed by atoms with Gasteiger partial charge in [0.2, 0.25) is 0 Å². The van der Waals surface area contributed by atoms with Gasteiger partial charge in [0.15, 0.2) is 0 Å². The number of hydrogen-bond donors (Lipinski definition) is 1. The first-order valence-corrected chi connectivity index (χ1v) is 11.4. The van der Waals surface area contributed by atoms with Crippen molar-refractivity contribution < 1.29 is 19.1 Å². The number of anilines is 2. The van der Waals surface area contributed by atoms with E-state index in [1.54, 1.807) is 38.5 Å². The van der Waals surface area contributed by atoms with E-state index in [0.29, 0.717) is 16.9 Å². The summed E-state index contributed by atoms with van der Waals surface area (Å²) in [5.41, 5.74) is 3.23. The van der Waals surface area contributed by atoms with E-state index in [-0.39, 0.29) is 30.7 Å². The van der Waals surface area contributed by atoms with Gasteiger partial charge < -0.3 is 19.7 Å². The zero-order valence-electron chi connectivity index (χ0n) is 19.5. The number of imide groups is 1. The smallest absolute Gasteiger partial charge is 0.278 e. The fraction of sp³-hybridized carbons (Fsp3) is 0.385. The lowest BCUT2D eigenvalue weighted by Crippen LogP contribution is -2.35. The van der Waals surface area contributed by atoms with Crippen LogP contribution in [-0.4, -0.2) is 57.2 Å². The van der Waals surface area contributed by atoms with Crippen LogP contribution in [0.3, 0.4) is 0 Å². The first kappa shape index (κ1) is 22.9. The minimum absolute atomic E-state index is 0.200. The maximum absolute atomic E-state index is 13.2. The van der Waals surface area contributed by atoms with Crippen molar-refractivity contribution in [1.29, 1.82) is 0 Å². The molecule has 2 aromatic carbocycles. The third-order valence-corrected chi connectivity index (χ3v) is 6.35. The molecule has 7 heteroatoms. The Morgan fingerprint density at radius 1 is 0.939 bits per heavy atom. The lowest BCUT2D eigenvalue weighted by molar-refractivity contribution is -0.137. The molecule has 1 N–H and O–H groups in total. The molecule has 0 aromatic heterocycles. The number of piperidine rings is 1. The SMILES string of the molecule is COCCN1C(=O)C(Nc2ccc(N3CCC(C)CC3)cc2)=C(c2ccc(OC)cc2)C1=O. The van der Waals surface area contributed by atoms with E-state index in [1.807, 2.05) is 12.1 Å². The Bertz CT molecular complexity index is 1020. The van der Waals surface area contributed by atoms with Crippen molar-refractivity contribution in [1.82, 2.24) is 4.90 Å². The average Bonchev–Trinajstić information content (AvgIpc) is 3.07. The molecule has 0 spiro atoms. The molecular weight excluding hydrogens is 418 g/mol.